The summed E-state index contributed by atoms with van der Waals surface area (Å²) in [7, 11) is 0. The molecule has 0 radical (unpaired) electrons. The number of likely N-dealkylation sites (tertiary alicyclic amines) is 1. The van der Waals surface area contributed by atoms with Crippen LogP contribution in [0.5, 0.6) is 0 Å². The van der Waals surface area contributed by atoms with E-state index in [1.165, 1.54) is 38.8 Å². The second kappa shape index (κ2) is 4.63. The van der Waals surface area contributed by atoms with Crippen molar-refractivity contribution in [3.8, 4) is 0 Å². The van der Waals surface area contributed by atoms with Gasteiger partial charge in [-0.3, -0.25) is 4.90 Å². The molecule has 0 aromatic carbocycles. The Labute approximate surface area is 98.1 Å². The molecule has 0 unspecified atom stereocenters. The van der Waals surface area contributed by atoms with Crippen molar-refractivity contribution in [1.29, 1.82) is 0 Å². The van der Waals surface area contributed by atoms with Crippen molar-refractivity contribution in [1.82, 2.24) is 4.90 Å². The van der Waals surface area contributed by atoms with E-state index in [4.69, 9.17) is 9.47 Å². The molecule has 92 valence electrons. The van der Waals surface area contributed by atoms with Crippen molar-refractivity contribution >= 4 is 0 Å². The van der Waals surface area contributed by atoms with E-state index in [1.54, 1.807) is 0 Å². The molecule has 16 heavy (non-hydrogen) atoms. The van der Waals surface area contributed by atoms with Crippen LogP contribution in [-0.2, 0) is 9.47 Å². The lowest BCUT2D eigenvalue weighted by Gasteiger charge is -2.40. The van der Waals surface area contributed by atoms with Crippen LogP contribution in [0.3, 0.4) is 0 Å². The molecule has 0 amide bonds. The molecule has 3 heteroatoms. The molecule has 3 aliphatic heterocycles. The van der Waals surface area contributed by atoms with Gasteiger partial charge in [-0.25, -0.2) is 0 Å². The molecule has 0 bridgehead atoms. The van der Waals surface area contributed by atoms with Crippen molar-refractivity contribution < 1.29 is 9.47 Å². The van der Waals surface area contributed by atoms with Crippen LogP contribution in [0.4, 0.5) is 0 Å². The van der Waals surface area contributed by atoms with Gasteiger partial charge in [0.1, 0.15) is 0 Å². The lowest BCUT2D eigenvalue weighted by molar-refractivity contribution is -0.0232. The van der Waals surface area contributed by atoms with Crippen molar-refractivity contribution in [3.63, 3.8) is 0 Å². The molecular weight excluding hydrogens is 202 g/mol. The van der Waals surface area contributed by atoms with Crippen LogP contribution in [0, 0.1) is 5.92 Å². The average Bonchev–Trinajstić information content (AvgIpc) is 2.69. The summed E-state index contributed by atoms with van der Waals surface area (Å²) in [6.07, 6.45) is 6.02. The number of ether oxygens (including phenoxy) is 2. The Morgan fingerprint density at radius 1 is 1.12 bits per heavy atom. The largest absolute Gasteiger partial charge is 0.381 e. The molecule has 3 rings (SSSR count). The van der Waals surface area contributed by atoms with E-state index < -0.39 is 0 Å². The molecule has 3 fully saturated rings. The van der Waals surface area contributed by atoms with Crippen molar-refractivity contribution in [3.05, 3.63) is 0 Å². The molecule has 0 N–H and O–H groups in total. The minimum Gasteiger partial charge on any atom is -0.381 e. The van der Waals surface area contributed by atoms with Crippen LogP contribution in [-0.4, -0.2) is 49.5 Å². The highest BCUT2D eigenvalue weighted by molar-refractivity contribution is 4.90. The van der Waals surface area contributed by atoms with E-state index in [2.05, 4.69) is 11.8 Å². The Hall–Kier alpha value is -0.120. The first kappa shape index (κ1) is 11.0. The van der Waals surface area contributed by atoms with Crippen LogP contribution < -0.4 is 0 Å². The second-order valence-electron chi connectivity index (χ2n) is 5.61. The fourth-order valence-electron chi connectivity index (χ4n) is 3.61. The summed E-state index contributed by atoms with van der Waals surface area (Å²) in [6.45, 7) is 6.64. The van der Waals surface area contributed by atoms with Crippen LogP contribution in [0.1, 0.15) is 32.6 Å². The van der Waals surface area contributed by atoms with Gasteiger partial charge in [-0.2, -0.15) is 0 Å². The first-order chi connectivity index (χ1) is 7.83. The van der Waals surface area contributed by atoms with E-state index in [-0.39, 0.29) is 0 Å². The van der Waals surface area contributed by atoms with Crippen LogP contribution >= 0.6 is 0 Å². The third-order valence-electron chi connectivity index (χ3n) is 4.44. The predicted octanol–water partition coefficient (Wildman–Crippen LogP) is 1.66. The molecule has 0 saturated carbocycles. The Morgan fingerprint density at radius 3 is 2.75 bits per heavy atom. The highest BCUT2D eigenvalue weighted by atomic mass is 16.5. The predicted molar refractivity (Wildman–Crippen MR) is 62.5 cm³/mol. The normalized spacial score (nSPS) is 42.2. The van der Waals surface area contributed by atoms with Crippen LogP contribution in [0.15, 0.2) is 0 Å². The molecule has 3 heterocycles. The molecule has 3 nitrogen and oxygen atoms in total. The number of rotatable bonds is 1. The summed E-state index contributed by atoms with van der Waals surface area (Å²) < 4.78 is 11.4. The zero-order chi connectivity index (χ0) is 11.0. The lowest BCUT2D eigenvalue weighted by atomic mass is 9.91. The smallest absolute Gasteiger partial charge is 0.0632 e. The van der Waals surface area contributed by atoms with E-state index >= 15 is 0 Å². The summed E-state index contributed by atoms with van der Waals surface area (Å²) in [5, 5.41) is 0. The van der Waals surface area contributed by atoms with E-state index in [0.717, 1.165) is 25.2 Å². The SMILES string of the molecule is C[C@H]1C[C@H]2CN(C3CCOCC3)CC[C@@H]2O1. The van der Waals surface area contributed by atoms with E-state index in [1.807, 2.05) is 0 Å². The van der Waals surface area contributed by atoms with Gasteiger partial charge in [-0.15, -0.1) is 0 Å². The standard InChI is InChI=1S/C13H23NO2/c1-10-8-11-9-14(5-2-13(11)16-10)12-3-6-15-7-4-12/h10-13H,2-9H2,1H3/t10-,11-,13-/m0/s1. The summed E-state index contributed by atoms with van der Waals surface area (Å²) in [5.41, 5.74) is 0. The second-order valence-corrected chi connectivity index (χ2v) is 5.61. The molecule has 3 atom stereocenters. The molecular formula is C13H23NO2. The van der Waals surface area contributed by atoms with E-state index in [0.29, 0.717) is 12.2 Å². The summed E-state index contributed by atoms with van der Waals surface area (Å²) >= 11 is 0. The van der Waals surface area contributed by atoms with Gasteiger partial charge in [0.25, 0.3) is 0 Å². The van der Waals surface area contributed by atoms with Crippen molar-refractivity contribution in [2.75, 3.05) is 26.3 Å². The summed E-state index contributed by atoms with van der Waals surface area (Å²) in [5.74, 6) is 0.798. The van der Waals surface area contributed by atoms with Gasteiger partial charge in [0.05, 0.1) is 12.2 Å². The molecule has 0 aromatic rings. The zero-order valence-corrected chi connectivity index (χ0v) is 10.2. The number of fused-ring (bicyclic) bond motifs is 1. The topological polar surface area (TPSA) is 21.7 Å². The third kappa shape index (κ3) is 2.13. The zero-order valence-electron chi connectivity index (χ0n) is 10.2. The quantitative estimate of drug-likeness (QED) is 0.677. The van der Waals surface area contributed by atoms with Gasteiger partial charge in [0, 0.05) is 38.3 Å². The van der Waals surface area contributed by atoms with Gasteiger partial charge < -0.3 is 9.47 Å². The Kier molecular flexibility index (Phi) is 3.18. The fraction of sp³-hybridized carbons (Fsp3) is 1.00. The minimum atomic E-state index is 0.490. The van der Waals surface area contributed by atoms with Crippen molar-refractivity contribution in [2.45, 2.75) is 50.9 Å². The maximum Gasteiger partial charge on any atom is 0.0632 e. The maximum absolute atomic E-state index is 5.95. The summed E-state index contributed by atoms with van der Waals surface area (Å²) in [4.78, 5) is 2.70. The van der Waals surface area contributed by atoms with Crippen LogP contribution in [0.2, 0.25) is 0 Å². The highest BCUT2D eigenvalue weighted by Crippen LogP contribution is 2.34. The first-order valence-corrected chi connectivity index (χ1v) is 6.80. The maximum atomic E-state index is 5.95. The number of piperidine rings is 1. The third-order valence-corrected chi connectivity index (χ3v) is 4.44. The first-order valence-electron chi connectivity index (χ1n) is 6.80. The number of hydrogen-bond acceptors (Lipinski definition) is 3. The molecule has 3 aliphatic rings. The number of nitrogens with zero attached hydrogens (tertiary/aromatic N) is 1. The molecule has 0 aliphatic carbocycles. The fourth-order valence-corrected chi connectivity index (χ4v) is 3.61. The summed E-state index contributed by atoms with van der Waals surface area (Å²) in [6, 6.07) is 0.783. The van der Waals surface area contributed by atoms with Crippen LogP contribution in [0.25, 0.3) is 0 Å². The lowest BCUT2D eigenvalue weighted by Crippen LogP contribution is -2.48. The molecule has 0 spiro atoms. The van der Waals surface area contributed by atoms with Gasteiger partial charge >= 0.3 is 0 Å². The Morgan fingerprint density at radius 2 is 1.94 bits per heavy atom. The number of hydrogen-bond donors (Lipinski definition) is 0. The van der Waals surface area contributed by atoms with Crippen molar-refractivity contribution in [2.24, 2.45) is 5.92 Å². The minimum absolute atomic E-state index is 0.490. The van der Waals surface area contributed by atoms with Gasteiger partial charge in [0.2, 0.25) is 0 Å². The van der Waals surface area contributed by atoms with E-state index in [9.17, 15) is 0 Å². The Bertz CT molecular complexity index is 240. The van der Waals surface area contributed by atoms with Gasteiger partial charge in [-0.1, -0.05) is 0 Å². The highest BCUT2D eigenvalue weighted by Gasteiger charge is 2.39. The average molecular weight is 225 g/mol. The molecule has 0 aromatic heterocycles. The van der Waals surface area contributed by atoms with Gasteiger partial charge in [-0.05, 0) is 32.6 Å². The molecule has 3 saturated heterocycles. The Balaban J connectivity index is 1.58. The van der Waals surface area contributed by atoms with Gasteiger partial charge in [0.15, 0.2) is 0 Å². The monoisotopic (exact) mass is 225 g/mol.